The third-order valence-corrected chi connectivity index (χ3v) is 3.65. The first-order valence-electron chi connectivity index (χ1n) is 6.61. The number of aryl methyl sites for hydroxylation is 3. The maximum absolute atomic E-state index is 6.10. The molecule has 1 aromatic carbocycles. The predicted molar refractivity (Wildman–Crippen MR) is 81.2 cm³/mol. The van der Waals surface area contributed by atoms with Crippen LogP contribution in [0, 0.1) is 13.8 Å². The van der Waals surface area contributed by atoms with E-state index >= 15 is 0 Å². The van der Waals surface area contributed by atoms with Gasteiger partial charge in [-0.1, -0.05) is 32.9 Å². The van der Waals surface area contributed by atoms with Crippen molar-refractivity contribution in [2.45, 2.75) is 40.0 Å². The van der Waals surface area contributed by atoms with E-state index < -0.39 is 0 Å². The van der Waals surface area contributed by atoms with E-state index in [-0.39, 0.29) is 5.41 Å². The lowest BCUT2D eigenvalue weighted by atomic mass is 9.83. The predicted octanol–water partition coefficient (Wildman–Crippen LogP) is 3.58. The van der Waals surface area contributed by atoms with Gasteiger partial charge in [0.25, 0.3) is 0 Å². The fraction of sp³-hybridized carbons (Fsp3) is 0.438. The molecular formula is C16H23N3. The lowest BCUT2D eigenvalue weighted by Gasteiger charge is -2.22. The van der Waals surface area contributed by atoms with Gasteiger partial charge in [-0.3, -0.25) is 4.68 Å². The van der Waals surface area contributed by atoms with Gasteiger partial charge in [0.2, 0.25) is 0 Å². The first-order chi connectivity index (χ1) is 8.71. The highest BCUT2D eigenvalue weighted by molar-refractivity contribution is 5.79. The summed E-state index contributed by atoms with van der Waals surface area (Å²) in [5.74, 6) is 0.717. The van der Waals surface area contributed by atoms with Gasteiger partial charge in [-0.15, -0.1) is 0 Å². The Morgan fingerprint density at radius 3 is 2.00 bits per heavy atom. The SMILES string of the molecule is Cc1cc(C(C)(C)C)cc(C)c1-c1cnn(C)c1N. The van der Waals surface area contributed by atoms with E-state index in [0.29, 0.717) is 0 Å². The molecule has 2 N–H and O–H groups in total. The molecule has 2 aromatic rings. The molecular weight excluding hydrogens is 234 g/mol. The average Bonchev–Trinajstić information content (AvgIpc) is 2.59. The molecule has 2 rings (SSSR count). The largest absolute Gasteiger partial charge is 0.383 e. The van der Waals surface area contributed by atoms with Crippen molar-refractivity contribution >= 4 is 5.82 Å². The maximum Gasteiger partial charge on any atom is 0.129 e. The summed E-state index contributed by atoms with van der Waals surface area (Å²) in [7, 11) is 1.87. The molecule has 0 aliphatic rings. The molecule has 0 spiro atoms. The fourth-order valence-electron chi connectivity index (χ4n) is 2.46. The molecule has 0 bridgehead atoms. The Kier molecular flexibility index (Phi) is 3.17. The summed E-state index contributed by atoms with van der Waals surface area (Å²) in [6, 6.07) is 4.52. The Morgan fingerprint density at radius 2 is 1.63 bits per heavy atom. The second-order valence-corrected chi connectivity index (χ2v) is 6.30. The Morgan fingerprint density at radius 1 is 1.11 bits per heavy atom. The smallest absolute Gasteiger partial charge is 0.129 e. The number of aromatic nitrogens is 2. The van der Waals surface area contributed by atoms with Crippen LogP contribution in [0.15, 0.2) is 18.3 Å². The summed E-state index contributed by atoms with van der Waals surface area (Å²) < 4.78 is 1.71. The molecule has 19 heavy (non-hydrogen) atoms. The summed E-state index contributed by atoms with van der Waals surface area (Å²) in [6.45, 7) is 11.0. The van der Waals surface area contributed by atoms with E-state index in [1.165, 1.54) is 22.3 Å². The van der Waals surface area contributed by atoms with Crippen molar-refractivity contribution in [1.29, 1.82) is 0 Å². The molecule has 0 saturated carbocycles. The summed E-state index contributed by atoms with van der Waals surface area (Å²) in [6.07, 6.45) is 1.85. The van der Waals surface area contributed by atoms with Crippen LogP contribution in [-0.4, -0.2) is 9.78 Å². The van der Waals surface area contributed by atoms with Crippen LogP contribution in [0.1, 0.15) is 37.5 Å². The summed E-state index contributed by atoms with van der Waals surface area (Å²) >= 11 is 0. The normalized spacial score (nSPS) is 11.9. The van der Waals surface area contributed by atoms with Gasteiger partial charge in [-0.2, -0.15) is 5.10 Å². The first-order valence-corrected chi connectivity index (χ1v) is 6.61. The van der Waals surface area contributed by atoms with E-state index in [1.807, 2.05) is 13.2 Å². The molecule has 0 amide bonds. The highest BCUT2D eigenvalue weighted by Gasteiger charge is 2.18. The molecule has 0 unspecified atom stereocenters. The summed E-state index contributed by atoms with van der Waals surface area (Å²) in [5, 5.41) is 4.24. The Balaban J connectivity index is 2.64. The topological polar surface area (TPSA) is 43.8 Å². The van der Waals surface area contributed by atoms with Crippen LogP contribution in [0.25, 0.3) is 11.1 Å². The molecule has 0 fully saturated rings. The van der Waals surface area contributed by atoms with Gasteiger partial charge >= 0.3 is 0 Å². The van der Waals surface area contributed by atoms with Crippen LogP contribution in [0.3, 0.4) is 0 Å². The lowest BCUT2D eigenvalue weighted by molar-refractivity contribution is 0.589. The zero-order valence-corrected chi connectivity index (χ0v) is 12.7. The quantitative estimate of drug-likeness (QED) is 0.848. The highest BCUT2D eigenvalue weighted by atomic mass is 15.3. The number of nitrogens with two attached hydrogens (primary N) is 1. The van der Waals surface area contributed by atoms with E-state index in [2.05, 4.69) is 51.9 Å². The van der Waals surface area contributed by atoms with Gasteiger partial charge in [0.1, 0.15) is 5.82 Å². The molecule has 0 radical (unpaired) electrons. The average molecular weight is 257 g/mol. The van der Waals surface area contributed by atoms with Crippen molar-refractivity contribution in [3.63, 3.8) is 0 Å². The molecule has 0 aliphatic heterocycles. The molecule has 1 aromatic heterocycles. The van der Waals surface area contributed by atoms with Crippen molar-refractivity contribution in [3.05, 3.63) is 35.0 Å². The molecule has 0 atom stereocenters. The zero-order valence-electron chi connectivity index (χ0n) is 12.7. The second kappa shape index (κ2) is 4.41. The van der Waals surface area contributed by atoms with Gasteiger partial charge in [0, 0.05) is 12.6 Å². The summed E-state index contributed by atoms with van der Waals surface area (Å²) in [5.41, 5.74) is 12.4. The van der Waals surface area contributed by atoms with Gasteiger partial charge in [-0.25, -0.2) is 0 Å². The molecule has 1 heterocycles. The number of hydrogen-bond acceptors (Lipinski definition) is 2. The summed E-state index contributed by atoms with van der Waals surface area (Å²) in [4.78, 5) is 0. The Labute approximate surface area is 115 Å². The fourth-order valence-corrected chi connectivity index (χ4v) is 2.46. The lowest BCUT2D eigenvalue weighted by Crippen LogP contribution is -2.12. The second-order valence-electron chi connectivity index (χ2n) is 6.30. The minimum absolute atomic E-state index is 0.161. The number of rotatable bonds is 1. The Hall–Kier alpha value is -1.77. The highest BCUT2D eigenvalue weighted by Crippen LogP contribution is 2.34. The van der Waals surface area contributed by atoms with Gasteiger partial charge in [-0.05, 0) is 41.5 Å². The van der Waals surface area contributed by atoms with Gasteiger partial charge in [0.05, 0.1) is 6.20 Å². The van der Waals surface area contributed by atoms with Gasteiger partial charge in [0.15, 0.2) is 0 Å². The van der Waals surface area contributed by atoms with E-state index in [9.17, 15) is 0 Å². The molecule has 0 aliphatic carbocycles. The monoisotopic (exact) mass is 257 g/mol. The van der Waals surface area contributed by atoms with Crippen molar-refractivity contribution in [2.75, 3.05) is 5.73 Å². The van der Waals surface area contributed by atoms with Crippen molar-refractivity contribution < 1.29 is 0 Å². The standard InChI is InChI=1S/C16H23N3/c1-10-7-12(16(3,4)5)8-11(2)14(10)13-9-18-19(6)15(13)17/h7-9H,17H2,1-6H3. The van der Waals surface area contributed by atoms with Crippen molar-refractivity contribution in [3.8, 4) is 11.1 Å². The number of hydrogen-bond donors (Lipinski definition) is 1. The van der Waals surface area contributed by atoms with Crippen LogP contribution in [0.2, 0.25) is 0 Å². The van der Waals surface area contributed by atoms with E-state index in [1.54, 1.807) is 4.68 Å². The van der Waals surface area contributed by atoms with Crippen LogP contribution in [-0.2, 0) is 12.5 Å². The minimum Gasteiger partial charge on any atom is -0.383 e. The van der Waals surface area contributed by atoms with Gasteiger partial charge < -0.3 is 5.73 Å². The van der Waals surface area contributed by atoms with Crippen LogP contribution in [0.4, 0.5) is 5.82 Å². The minimum atomic E-state index is 0.161. The Bertz CT molecular complexity index is 592. The zero-order chi connectivity index (χ0) is 14.4. The van der Waals surface area contributed by atoms with Crippen LogP contribution >= 0.6 is 0 Å². The number of nitrogens with zero attached hydrogens (tertiary/aromatic N) is 2. The number of benzene rings is 1. The third-order valence-electron chi connectivity index (χ3n) is 3.65. The third kappa shape index (κ3) is 2.37. The molecule has 102 valence electrons. The molecule has 3 nitrogen and oxygen atoms in total. The van der Waals surface area contributed by atoms with Crippen LogP contribution < -0.4 is 5.73 Å². The van der Waals surface area contributed by atoms with Crippen molar-refractivity contribution in [2.24, 2.45) is 7.05 Å². The molecule has 3 heteroatoms. The number of anilines is 1. The molecule has 0 saturated heterocycles. The van der Waals surface area contributed by atoms with E-state index in [4.69, 9.17) is 5.73 Å². The van der Waals surface area contributed by atoms with E-state index in [0.717, 1.165) is 11.4 Å². The number of nitrogen functional groups attached to an aromatic ring is 1. The van der Waals surface area contributed by atoms with Crippen molar-refractivity contribution in [1.82, 2.24) is 9.78 Å². The van der Waals surface area contributed by atoms with Crippen LogP contribution in [0.5, 0.6) is 0 Å². The maximum atomic E-state index is 6.10. The first kappa shape index (κ1) is 13.7.